The van der Waals surface area contributed by atoms with Gasteiger partial charge in [-0.25, -0.2) is 4.79 Å². The number of rotatable bonds is 3. The predicted molar refractivity (Wildman–Crippen MR) is 71.4 cm³/mol. The molecule has 2 unspecified atom stereocenters. The first-order valence-electron chi connectivity index (χ1n) is 6.15. The number of nitrogens with two attached hydrogens (primary N) is 1. The molecule has 6 nitrogen and oxygen atoms in total. The van der Waals surface area contributed by atoms with Crippen LogP contribution in [0.25, 0.3) is 0 Å². The number of morpholine rings is 1. The second-order valence-electron chi connectivity index (χ2n) is 4.72. The van der Waals surface area contributed by atoms with Crippen molar-refractivity contribution in [2.75, 3.05) is 30.4 Å². The molecule has 0 spiro atoms. The number of nitrogen functional groups attached to an aromatic ring is 1. The lowest BCUT2D eigenvalue weighted by molar-refractivity contribution is -0.0102. The number of carbonyl (C=O) groups is 1. The molecule has 1 aliphatic heterocycles. The number of aliphatic hydroxyl groups excluding tert-OH is 1. The van der Waals surface area contributed by atoms with Crippen molar-refractivity contribution in [2.24, 2.45) is 0 Å². The van der Waals surface area contributed by atoms with Gasteiger partial charge in [0.25, 0.3) is 0 Å². The summed E-state index contributed by atoms with van der Waals surface area (Å²) in [4.78, 5) is 13.0. The van der Waals surface area contributed by atoms with Crippen LogP contribution in [-0.2, 0) is 4.74 Å². The molecule has 0 aromatic heterocycles. The van der Waals surface area contributed by atoms with Gasteiger partial charge in [-0.05, 0) is 25.1 Å². The summed E-state index contributed by atoms with van der Waals surface area (Å²) < 4.78 is 5.46. The van der Waals surface area contributed by atoms with Crippen LogP contribution in [0.2, 0.25) is 0 Å². The van der Waals surface area contributed by atoms with E-state index in [1.54, 1.807) is 12.1 Å². The first-order chi connectivity index (χ1) is 9.02. The van der Waals surface area contributed by atoms with Crippen LogP contribution in [0, 0.1) is 0 Å². The summed E-state index contributed by atoms with van der Waals surface area (Å²) in [5, 5.41) is 18.2. The van der Waals surface area contributed by atoms with E-state index in [1.165, 1.54) is 6.07 Å². The lowest BCUT2D eigenvalue weighted by atomic mass is 10.1. The molecule has 1 fully saturated rings. The SMILES string of the molecule is CC1COC(CO)CN1c1cc(C(=O)O)ccc1N. The molecule has 1 aliphatic rings. The molecule has 2 atom stereocenters. The van der Waals surface area contributed by atoms with Gasteiger partial charge < -0.3 is 25.6 Å². The van der Waals surface area contributed by atoms with E-state index in [4.69, 9.17) is 15.6 Å². The van der Waals surface area contributed by atoms with Crippen LogP contribution in [0.3, 0.4) is 0 Å². The Morgan fingerprint density at radius 3 is 2.95 bits per heavy atom. The highest BCUT2D eigenvalue weighted by Crippen LogP contribution is 2.28. The number of carboxylic acid groups (broad SMARTS) is 1. The number of hydrogen-bond acceptors (Lipinski definition) is 5. The maximum Gasteiger partial charge on any atom is 0.335 e. The van der Waals surface area contributed by atoms with Gasteiger partial charge in [-0.15, -0.1) is 0 Å². The van der Waals surface area contributed by atoms with Crippen molar-refractivity contribution in [3.05, 3.63) is 23.8 Å². The van der Waals surface area contributed by atoms with E-state index in [9.17, 15) is 9.90 Å². The highest BCUT2D eigenvalue weighted by Gasteiger charge is 2.27. The van der Waals surface area contributed by atoms with Gasteiger partial charge in [0.05, 0.1) is 36.3 Å². The van der Waals surface area contributed by atoms with Gasteiger partial charge >= 0.3 is 5.97 Å². The summed E-state index contributed by atoms with van der Waals surface area (Å²) in [6.07, 6.45) is -0.274. The highest BCUT2D eigenvalue weighted by molar-refractivity contribution is 5.90. The van der Waals surface area contributed by atoms with Crippen LogP contribution in [0.15, 0.2) is 18.2 Å². The fourth-order valence-corrected chi connectivity index (χ4v) is 2.19. The fourth-order valence-electron chi connectivity index (χ4n) is 2.19. The third-order valence-corrected chi connectivity index (χ3v) is 3.30. The summed E-state index contributed by atoms with van der Waals surface area (Å²) in [5.41, 5.74) is 7.33. The van der Waals surface area contributed by atoms with E-state index < -0.39 is 5.97 Å². The van der Waals surface area contributed by atoms with Crippen LogP contribution >= 0.6 is 0 Å². The highest BCUT2D eigenvalue weighted by atomic mass is 16.5. The van der Waals surface area contributed by atoms with Crippen molar-refractivity contribution >= 4 is 17.3 Å². The summed E-state index contributed by atoms with van der Waals surface area (Å²) in [6, 6.07) is 4.72. The zero-order chi connectivity index (χ0) is 14.0. The number of carboxylic acids is 1. The monoisotopic (exact) mass is 266 g/mol. The minimum Gasteiger partial charge on any atom is -0.478 e. The maximum absolute atomic E-state index is 11.0. The van der Waals surface area contributed by atoms with Crippen LogP contribution < -0.4 is 10.6 Å². The molecule has 1 heterocycles. The Morgan fingerprint density at radius 2 is 2.32 bits per heavy atom. The van der Waals surface area contributed by atoms with Crippen molar-refractivity contribution < 1.29 is 19.7 Å². The lowest BCUT2D eigenvalue weighted by Crippen LogP contribution is -2.49. The average Bonchev–Trinajstić information content (AvgIpc) is 2.40. The third kappa shape index (κ3) is 2.80. The van der Waals surface area contributed by atoms with Crippen molar-refractivity contribution in [1.29, 1.82) is 0 Å². The predicted octanol–water partition coefficient (Wildman–Crippen LogP) is 0.553. The van der Waals surface area contributed by atoms with Gasteiger partial charge in [0.15, 0.2) is 0 Å². The van der Waals surface area contributed by atoms with Crippen molar-refractivity contribution in [3.8, 4) is 0 Å². The lowest BCUT2D eigenvalue weighted by Gasteiger charge is -2.39. The smallest absolute Gasteiger partial charge is 0.335 e. The molecule has 0 radical (unpaired) electrons. The number of hydrogen-bond donors (Lipinski definition) is 3. The van der Waals surface area contributed by atoms with E-state index in [2.05, 4.69) is 0 Å². The van der Waals surface area contributed by atoms with Crippen LogP contribution in [-0.4, -0.2) is 48.1 Å². The molecule has 6 heteroatoms. The molecule has 0 amide bonds. The number of aliphatic hydroxyl groups is 1. The fraction of sp³-hybridized carbons (Fsp3) is 0.462. The molecule has 0 bridgehead atoms. The first kappa shape index (κ1) is 13.6. The minimum absolute atomic E-state index is 0.0677. The Morgan fingerprint density at radius 1 is 1.58 bits per heavy atom. The Balaban J connectivity index is 2.33. The molecule has 19 heavy (non-hydrogen) atoms. The van der Waals surface area contributed by atoms with Gasteiger partial charge in [0, 0.05) is 12.6 Å². The molecular formula is C13H18N2O4. The van der Waals surface area contributed by atoms with Crippen LogP contribution in [0.4, 0.5) is 11.4 Å². The molecule has 1 saturated heterocycles. The van der Waals surface area contributed by atoms with E-state index in [0.717, 1.165) is 0 Å². The Kier molecular flexibility index (Phi) is 3.92. The Bertz CT molecular complexity index is 478. The normalized spacial score (nSPS) is 23.4. The van der Waals surface area contributed by atoms with E-state index >= 15 is 0 Å². The first-order valence-corrected chi connectivity index (χ1v) is 6.15. The average molecular weight is 266 g/mol. The third-order valence-electron chi connectivity index (χ3n) is 3.30. The molecule has 0 aliphatic carbocycles. The second kappa shape index (κ2) is 5.46. The summed E-state index contributed by atoms with van der Waals surface area (Å²) in [6.45, 7) is 2.87. The quantitative estimate of drug-likeness (QED) is 0.692. The van der Waals surface area contributed by atoms with Gasteiger partial charge in [0.2, 0.25) is 0 Å². The van der Waals surface area contributed by atoms with Gasteiger partial charge in [0.1, 0.15) is 0 Å². The molecule has 104 valence electrons. The molecule has 4 N–H and O–H groups in total. The van der Waals surface area contributed by atoms with E-state index in [1.807, 2.05) is 11.8 Å². The molecule has 1 aromatic rings. The molecule has 2 rings (SSSR count). The van der Waals surface area contributed by atoms with Gasteiger partial charge in [-0.3, -0.25) is 0 Å². The number of anilines is 2. The van der Waals surface area contributed by atoms with Crippen molar-refractivity contribution in [2.45, 2.75) is 19.1 Å². The van der Waals surface area contributed by atoms with Gasteiger partial charge in [-0.2, -0.15) is 0 Å². The summed E-state index contributed by atoms with van der Waals surface area (Å²) in [7, 11) is 0. The Labute approximate surface area is 111 Å². The number of nitrogens with zero attached hydrogens (tertiary/aromatic N) is 1. The van der Waals surface area contributed by atoms with Crippen molar-refractivity contribution in [1.82, 2.24) is 0 Å². The van der Waals surface area contributed by atoms with Crippen LogP contribution in [0.5, 0.6) is 0 Å². The maximum atomic E-state index is 11.0. The summed E-state index contributed by atoms with van der Waals surface area (Å²) >= 11 is 0. The van der Waals surface area contributed by atoms with Gasteiger partial charge in [-0.1, -0.05) is 0 Å². The van der Waals surface area contributed by atoms with E-state index in [-0.39, 0.29) is 24.3 Å². The summed E-state index contributed by atoms with van der Waals surface area (Å²) in [5.74, 6) is -0.985. The number of benzene rings is 1. The molecular weight excluding hydrogens is 248 g/mol. The number of aromatic carboxylic acids is 1. The Hall–Kier alpha value is -1.79. The van der Waals surface area contributed by atoms with E-state index in [0.29, 0.717) is 24.5 Å². The van der Waals surface area contributed by atoms with Crippen molar-refractivity contribution in [3.63, 3.8) is 0 Å². The minimum atomic E-state index is -0.985. The molecule has 1 aromatic carbocycles. The van der Waals surface area contributed by atoms with Crippen LogP contribution in [0.1, 0.15) is 17.3 Å². The zero-order valence-corrected chi connectivity index (χ0v) is 10.7. The standard InChI is InChI=1S/C13H18N2O4/c1-8-7-19-10(6-16)5-15(8)12-4-9(13(17)18)2-3-11(12)14/h2-4,8,10,16H,5-7,14H2,1H3,(H,17,18). The second-order valence-corrected chi connectivity index (χ2v) is 4.72. The topological polar surface area (TPSA) is 96.0 Å². The zero-order valence-electron chi connectivity index (χ0n) is 10.7. The largest absolute Gasteiger partial charge is 0.478 e. The number of ether oxygens (including phenoxy) is 1. The molecule has 0 saturated carbocycles.